The Balaban J connectivity index is 0.000000500. The van der Waals surface area contributed by atoms with E-state index in [1.165, 1.54) is 12.5 Å². The predicted molar refractivity (Wildman–Crippen MR) is 62.5 cm³/mol. The van der Waals surface area contributed by atoms with Crippen molar-refractivity contribution in [1.82, 2.24) is 0 Å². The summed E-state index contributed by atoms with van der Waals surface area (Å²) in [5.41, 5.74) is 1.81. The van der Waals surface area contributed by atoms with Crippen LogP contribution in [0.5, 0.6) is 0 Å². The standard InChI is InChI=1S/C8H6Cl2O.C2H3Cl/c1-5(11)6-2-3-7(9)8(10)4-6;1-2-3/h2-4H,1H3;2H,1H2. The van der Waals surface area contributed by atoms with Crippen LogP contribution in [0.15, 0.2) is 30.3 Å². The third-order valence-corrected chi connectivity index (χ3v) is 2.07. The lowest BCUT2D eigenvalue weighted by molar-refractivity contribution is 0.101. The Morgan fingerprint density at radius 2 is 1.86 bits per heavy atom. The maximum absolute atomic E-state index is 10.8. The van der Waals surface area contributed by atoms with Crippen LogP contribution in [0.1, 0.15) is 17.3 Å². The lowest BCUT2D eigenvalue weighted by Crippen LogP contribution is -1.90. The van der Waals surface area contributed by atoms with E-state index in [1.54, 1.807) is 18.2 Å². The number of Topliss-reactive ketones (excluding diaryl/α,β-unsaturated/α-hetero) is 1. The van der Waals surface area contributed by atoms with Gasteiger partial charge in [0.1, 0.15) is 0 Å². The van der Waals surface area contributed by atoms with Crippen molar-refractivity contribution >= 4 is 40.6 Å². The number of hydrogen-bond acceptors (Lipinski definition) is 1. The molecule has 1 rings (SSSR count). The van der Waals surface area contributed by atoms with Crippen molar-refractivity contribution in [3.63, 3.8) is 0 Å². The van der Waals surface area contributed by atoms with Gasteiger partial charge in [0.05, 0.1) is 10.0 Å². The van der Waals surface area contributed by atoms with Crippen molar-refractivity contribution in [3.8, 4) is 0 Å². The average molecular weight is 252 g/mol. The average Bonchev–Trinajstić information content (AvgIpc) is 2.10. The van der Waals surface area contributed by atoms with E-state index in [-0.39, 0.29) is 5.78 Å². The van der Waals surface area contributed by atoms with Crippen LogP contribution in [0.4, 0.5) is 0 Å². The maximum Gasteiger partial charge on any atom is 0.159 e. The molecule has 4 heteroatoms. The summed E-state index contributed by atoms with van der Waals surface area (Å²) in [6.07, 6.45) is 0. The van der Waals surface area contributed by atoms with Gasteiger partial charge in [0.25, 0.3) is 0 Å². The van der Waals surface area contributed by atoms with Crippen LogP contribution in [0, 0.1) is 0 Å². The highest BCUT2D eigenvalue weighted by atomic mass is 35.5. The lowest BCUT2D eigenvalue weighted by Gasteiger charge is -1.97. The third kappa shape index (κ3) is 4.66. The van der Waals surface area contributed by atoms with Crippen molar-refractivity contribution in [2.75, 3.05) is 0 Å². The summed E-state index contributed by atoms with van der Waals surface area (Å²) in [5.74, 6) is -0.0106. The summed E-state index contributed by atoms with van der Waals surface area (Å²) in [5, 5.41) is 0.885. The molecule has 1 nitrogen and oxygen atoms in total. The molecule has 1 aromatic rings. The Morgan fingerprint density at radius 1 is 1.36 bits per heavy atom. The predicted octanol–water partition coefficient (Wildman–Crippen LogP) is 4.56. The molecule has 76 valence electrons. The fourth-order valence-electron chi connectivity index (χ4n) is 0.715. The molecule has 0 aromatic heterocycles. The number of carbonyl (C=O) groups is 1. The van der Waals surface area contributed by atoms with Gasteiger partial charge >= 0.3 is 0 Å². The van der Waals surface area contributed by atoms with Crippen molar-refractivity contribution in [1.29, 1.82) is 0 Å². The van der Waals surface area contributed by atoms with Gasteiger partial charge in [-0.25, -0.2) is 0 Å². The van der Waals surface area contributed by atoms with E-state index in [4.69, 9.17) is 34.8 Å². The highest BCUT2D eigenvalue weighted by molar-refractivity contribution is 6.42. The minimum atomic E-state index is -0.0106. The van der Waals surface area contributed by atoms with Crippen LogP contribution in [0.25, 0.3) is 0 Å². The maximum atomic E-state index is 10.8. The largest absolute Gasteiger partial charge is 0.295 e. The smallest absolute Gasteiger partial charge is 0.159 e. The summed E-state index contributed by atoms with van der Waals surface area (Å²) in [6.45, 7) is 4.61. The number of rotatable bonds is 1. The van der Waals surface area contributed by atoms with E-state index in [0.717, 1.165) is 0 Å². The van der Waals surface area contributed by atoms with Crippen LogP contribution in [0.3, 0.4) is 0 Å². The second kappa shape index (κ2) is 6.88. The molecule has 0 spiro atoms. The molecule has 0 aliphatic rings. The van der Waals surface area contributed by atoms with E-state index in [0.29, 0.717) is 15.6 Å². The van der Waals surface area contributed by atoms with Gasteiger partial charge in [-0.05, 0) is 30.7 Å². The summed E-state index contributed by atoms with van der Waals surface area (Å²) in [4.78, 5) is 10.8. The minimum Gasteiger partial charge on any atom is -0.295 e. The number of carbonyl (C=O) groups excluding carboxylic acids is 1. The van der Waals surface area contributed by atoms with Gasteiger partial charge in [-0.2, -0.15) is 0 Å². The van der Waals surface area contributed by atoms with Crippen molar-refractivity contribution in [3.05, 3.63) is 45.9 Å². The molecule has 1 aromatic carbocycles. The number of benzene rings is 1. The molecular weight excluding hydrogens is 242 g/mol. The third-order valence-electron chi connectivity index (χ3n) is 1.33. The first kappa shape index (κ1) is 13.5. The molecule has 0 atom stereocenters. The van der Waals surface area contributed by atoms with Gasteiger partial charge < -0.3 is 0 Å². The van der Waals surface area contributed by atoms with Crippen molar-refractivity contribution in [2.45, 2.75) is 6.92 Å². The van der Waals surface area contributed by atoms with Crippen LogP contribution < -0.4 is 0 Å². The van der Waals surface area contributed by atoms with E-state index in [1.807, 2.05) is 0 Å². The van der Waals surface area contributed by atoms with Gasteiger partial charge in [0.2, 0.25) is 0 Å². The molecule has 0 amide bonds. The van der Waals surface area contributed by atoms with Crippen LogP contribution >= 0.6 is 34.8 Å². The number of hydrogen-bond donors (Lipinski definition) is 0. The second-order valence-electron chi connectivity index (χ2n) is 2.34. The van der Waals surface area contributed by atoms with E-state index < -0.39 is 0 Å². The summed E-state index contributed by atoms with van der Waals surface area (Å²) < 4.78 is 0. The molecule has 0 N–H and O–H groups in total. The second-order valence-corrected chi connectivity index (χ2v) is 3.46. The minimum absolute atomic E-state index is 0.0106. The molecule has 0 saturated heterocycles. The number of ketones is 1. The quantitative estimate of drug-likeness (QED) is 0.669. The lowest BCUT2D eigenvalue weighted by atomic mass is 10.1. The molecule has 0 bridgehead atoms. The molecule has 0 heterocycles. The van der Waals surface area contributed by atoms with Gasteiger partial charge in [-0.1, -0.05) is 41.4 Å². The van der Waals surface area contributed by atoms with Gasteiger partial charge in [0.15, 0.2) is 5.78 Å². The molecule has 0 unspecified atom stereocenters. The van der Waals surface area contributed by atoms with E-state index in [2.05, 4.69) is 6.58 Å². The van der Waals surface area contributed by atoms with E-state index >= 15 is 0 Å². The molecule has 0 radical (unpaired) electrons. The molecular formula is C10H9Cl3O. The molecule has 0 saturated carbocycles. The summed E-state index contributed by atoms with van der Waals surface area (Å²) in [6, 6.07) is 4.82. The SMILES string of the molecule is C=CCl.CC(=O)c1ccc(Cl)c(Cl)c1. The number of halogens is 3. The highest BCUT2D eigenvalue weighted by Gasteiger charge is 2.01. The topological polar surface area (TPSA) is 17.1 Å². The zero-order valence-electron chi connectivity index (χ0n) is 7.56. The monoisotopic (exact) mass is 250 g/mol. The first-order chi connectivity index (χ1) is 6.52. The summed E-state index contributed by atoms with van der Waals surface area (Å²) >= 11 is 16.1. The van der Waals surface area contributed by atoms with Gasteiger partial charge in [-0.3, -0.25) is 4.79 Å². The molecule has 0 aliphatic heterocycles. The Morgan fingerprint density at radius 3 is 2.21 bits per heavy atom. The summed E-state index contributed by atoms with van der Waals surface area (Å²) in [7, 11) is 0. The molecule has 0 fully saturated rings. The first-order valence-electron chi connectivity index (χ1n) is 3.70. The van der Waals surface area contributed by atoms with E-state index in [9.17, 15) is 4.79 Å². The first-order valence-corrected chi connectivity index (χ1v) is 4.89. The Labute approximate surface area is 98.3 Å². The Bertz CT molecular complexity index is 334. The van der Waals surface area contributed by atoms with Crippen LogP contribution in [-0.2, 0) is 0 Å². The highest BCUT2D eigenvalue weighted by Crippen LogP contribution is 2.22. The Kier molecular flexibility index (Phi) is 6.64. The molecule has 14 heavy (non-hydrogen) atoms. The van der Waals surface area contributed by atoms with Crippen molar-refractivity contribution in [2.24, 2.45) is 0 Å². The zero-order valence-corrected chi connectivity index (χ0v) is 9.83. The zero-order chi connectivity index (χ0) is 11.1. The normalized spacial score (nSPS) is 8.57. The van der Waals surface area contributed by atoms with Crippen LogP contribution in [0.2, 0.25) is 10.0 Å². The Hall–Kier alpha value is -0.500. The fraction of sp³-hybridized carbons (Fsp3) is 0.100. The fourth-order valence-corrected chi connectivity index (χ4v) is 1.01. The van der Waals surface area contributed by atoms with Crippen LogP contribution in [-0.4, -0.2) is 5.78 Å². The van der Waals surface area contributed by atoms with Gasteiger partial charge in [-0.15, -0.1) is 0 Å². The van der Waals surface area contributed by atoms with Crippen molar-refractivity contribution < 1.29 is 4.79 Å². The molecule has 0 aliphatic carbocycles. The van der Waals surface area contributed by atoms with Gasteiger partial charge in [0, 0.05) is 5.56 Å².